The topological polar surface area (TPSA) is 333 Å². The Morgan fingerprint density at radius 3 is 1.33 bits per heavy atom. The van der Waals surface area contributed by atoms with Crippen molar-refractivity contribution in [3.63, 3.8) is 0 Å². The maximum atomic E-state index is 14.7. The molecule has 0 radical (unpaired) electrons. The number of aryl methyl sites for hydroxylation is 2. The van der Waals surface area contributed by atoms with E-state index < -0.39 is 36.1 Å². The zero-order valence-electron chi connectivity index (χ0n) is 57.7. The molecule has 21 nitrogen and oxygen atoms in total. The minimum atomic E-state index is -4.05. The second-order valence-electron chi connectivity index (χ2n) is 24.8. The van der Waals surface area contributed by atoms with Gasteiger partial charge in [0.2, 0.25) is 0 Å². The number of rotatable bonds is 10. The van der Waals surface area contributed by atoms with Gasteiger partial charge < -0.3 is 16.9 Å². The Hall–Kier alpha value is -8.99. The van der Waals surface area contributed by atoms with E-state index in [9.17, 15) is 40.0 Å². The van der Waals surface area contributed by atoms with Gasteiger partial charge in [-0.15, -0.1) is 0 Å². The van der Waals surface area contributed by atoms with E-state index in [-0.39, 0.29) is 58.6 Å². The number of sulfonamides is 1. The van der Waals surface area contributed by atoms with Crippen molar-refractivity contribution in [3.8, 4) is 17.4 Å². The van der Waals surface area contributed by atoms with Crippen molar-refractivity contribution in [2.75, 3.05) is 21.6 Å². The fourth-order valence-corrected chi connectivity index (χ4v) is 13.3. The Bertz CT molecular complexity index is 5330. The number of anilines is 4. The fourth-order valence-electron chi connectivity index (χ4n) is 9.69. The highest BCUT2D eigenvalue weighted by Crippen LogP contribution is 2.34. The van der Waals surface area contributed by atoms with Crippen LogP contribution in [0, 0.1) is 36.8 Å². The van der Waals surface area contributed by atoms with E-state index in [1.54, 1.807) is 54.6 Å². The van der Waals surface area contributed by atoms with E-state index in [0.29, 0.717) is 28.3 Å². The summed E-state index contributed by atoms with van der Waals surface area (Å²) in [5, 5.41) is 20.5. The SMILES string of the molecule is C.CC(=O)CC#N.CC(=O)CC(C)=O.CC(C)(C)c1ccc(S(=O)(=O)Cl)cc1F.Cc1cc(N)n(-c2ccc(Br)c3ncccc23)n1.Cc1cc(NS(=O)(=O)c2ccc(C(C)(C)C)c(F)c2)n(-c2ccc(Br)c3ncccc23)n1.NNc1ccc(Br)c2ncccc12.Nc1ccc(Br)c2ncccc12. The maximum Gasteiger partial charge on any atom is 0.263 e. The van der Waals surface area contributed by atoms with E-state index in [1.807, 2.05) is 146 Å². The molecule has 0 fully saturated rings. The molecule has 0 aliphatic rings. The van der Waals surface area contributed by atoms with Gasteiger partial charge in [0.1, 0.15) is 40.6 Å². The molecule has 12 aromatic rings. The number of nitriles is 1. The molecule has 0 amide bonds. The second-order valence-corrected chi connectivity index (χ2v) is 32.4. The molecule has 8 N–H and O–H groups in total. The molecule has 0 unspecified atom stereocenters. The molecule has 6 heterocycles. The van der Waals surface area contributed by atoms with Gasteiger partial charge in [-0.2, -0.15) is 15.5 Å². The Balaban J connectivity index is 0.000000233. The molecule has 0 aliphatic heterocycles. The number of nitrogen functional groups attached to an aromatic ring is 3. The summed E-state index contributed by atoms with van der Waals surface area (Å²) in [7, 11) is -2.81. The van der Waals surface area contributed by atoms with Crippen LogP contribution in [0.1, 0.15) is 105 Å². The molecule has 0 spiro atoms. The highest BCUT2D eigenvalue weighted by atomic mass is 79.9. The van der Waals surface area contributed by atoms with Gasteiger partial charge in [0, 0.05) is 92.7 Å². The summed E-state index contributed by atoms with van der Waals surface area (Å²) in [6.07, 6.45) is 7.10. The number of pyridine rings is 4. The molecule has 30 heteroatoms. The average molecular weight is 1730 g/mol. The average Bonchev–Trinajstić information content (AvgIpc) is 1.54. The molecule has 12 rings (SSSR count). The third kappa shape index (κ3) is 23.5. The van der Waals surface area contributed by atoms with Gasteiger partial charge in [0.15, 0.2) is 0 Å². The number of carbonyl (C=O) groups excluding carboxylic acids is 3. The zero-order valence-corrected chi connectivity index (χ0v) is 66.4. The van der Waals surface area contributed by atoms with Crippen molar-refractivity contribution in [3.05, 3.63) is 222 Å². The lowest BCUT2D eigenvalue weighted by Crippen LogP contribution is -2.18. The summed E-state index contributed by atoms with van der Waals surface area (Å²) >= 11 is 13.8. The lowest BCUT2D eigenvalue weighted by atomic mass is 9.87. The Kier molecular flexibility index (Phi) is 31.0. The lowest BCUT2D eigenvalue weighted by Gasteiger charge is -2.20. The predicted molar refractivity (Wildman–Crippen MR) is 426 cm³/mol. The Morgan fingerprint density at radius 1 is 0.548 bits per heavy atom. The molecular weight excluding hydrogens is 1650 g/mol. The van der Waals surface area contributed by atoms with E-state index >= 15 is 0 Å². The quantitative estimate of drug-likeness (QED) is 0.0279. The molecule has 0 saturated carbocycles. The number of ketones is 3. The van der Waals surface area contributed by atoms with Crippen LogP contribution >= 0.6 is 74.4 Å². The standard InChI is InChI=1S/C23H22BrFN4O2S.C13H11BrN4.C10H12ClFO2S.C9H8BrN3.C9H7BrN2.C5H8O2.C4H5NO.CH4/c1-14-12-21(28-32(30,31)15-7-8-17(19(25)13-15)23(2,3)4)29(27-14)20-10-9-18(24)22-16(20)6-5-11-26-22;1-8-7-12(15)18(17-8)11-5-4-10(14)13-9(11)3-2-6-16-13;1-10(2,3)8-5-4-7(6-9(8)12)15(11,13)14;10-7-3-4-8(13-11)6-2-1-5-12-9(6)7;10-7-3-4-8(11)6-2-1-5-12-9(6)7;1-4(6)3-5(2)7;1-4(6)2-3-5;/h5-13,28H,1-4H3;2-7H,15H2,1H3;4-6H,1-3H3;1-5,13H,11H2;1-5H,11H2;3H2,1-2H3;2H2,1H3;1H4. The number of hydrazine groups is 1. The van der Waals surface area contributed by atoms with Crippen LogP contribution in [-0.2, 0) is 44.3 Å². The summed E-state index contributed by atoms with van der Waals surface area (Å²) in [6.45, 7) is 19.0. The van der Waals surface area contributed by atoms with E-state index in [4.69, 9.17) is 33.3 Å². The van der Waals surface area contributed by atoms with Crippen LogP contribution in [0.2, 0.25) is 0 Å². The highest BCUT2D eigenvalue weighted by Gasteiger charge is 2.25. The number of fused-ring (bicyclic) bond motifs is 4. The lowest BCUT2D eigenvalue weighted by molar-refractivity contribution is -0.124. The second kappa shape index (κ2) is 37.6. The van der Waals surface area contributed by atoms with Gasteiger partial charge in [-0.3, -0.25) is 44.9 Å². The maximum absolute atomic E-state index is 14.7. The molecule has 546 valence electrons. The first-order valence-electron chi connectivity index (χ1n) is 30.9. The van der Waals surface area contributed by atoms with Crippen LogP contribution < -0.4 is 27.5 Å². The number of Topliss-reactive ketones (excluding diaryl/α,β-unsaturated/α-hetero) is 3. The normalized spacial score (nSPS) is 11.0. The first-order chi connectivity index (χ1) is 48.3. The number of nitrogens with zero attached hydrogens (tertiary/aromatic N) is 9. The Morgan fingerprint density at radius 2 is 0.942 bits per heavy atom. The molecule has 6 aromatic heterocycles. The van der Waals surface area contributed by atoms with Crippen LogP contribution in [0.4, 0.5) is 31.8 Å². The molecule has 0 atom stereocenters. The predicted octanol–water partition coefficient (Wildman–Crippen LogP) is 18.4. The summed E-state index contributed by atoms with van der Waals surface area (Å²) in [5.41, 5.74) is 22.7. The van der Waals surface area contributed by atoms with Crippen molar-refractivity contribution in [2.45, 2.75) is 117 Å². The third-order valence-corrected chi connectivity index (χ3v) is 19.6. The smallest absolute Gasteiger partial charge is 0.263 e. The Labute approximate surface area is 641 Å². The fraction of sp³-hybridized carbons (Fsp3) is 0.216. The first-order valence-corrected chi connectivity index (χ1v) is 37.9. The molecule has 0 aliphatic carbocycles. The number of halogens is 7. The van der Waals surface area contributed by atoms with Gasteiger partial charge in [0.25, 0.3) is 19.1 Å². The van der Waals surface area contributed by atoms with Gasteiger partial charge in [-0.05, 0) is 242 Å². The molecule has 0 saturated heterocycles. The number of hydrogen-bond acceptors (Lipinski definition) is 18. The number of nitrogens with one attached hydrogen (secondary N) is 2. The minimum Gasteiger partial charge on any atom is -0.398 e. The zero-order chi connectivity index (χ0) is 76.5. The van der Waals surface area contributed by atoms with Crippen LogP contribution in [0.25, 0.3) is 55.0 Å². The highest BCUT2D eigenvalue weighted by molar-refractivity contribution is 9.11. The number of carbonyl (C=O) groups is 3. The van der Waals surface area contributed by atoms with Crippen LogP contribution in [0.15, 0.2) is 198 Å². The summed E-state index contributed by atoms with van der Waals surface area (Å²) < 4.78 is 85.8. The number of hydrogen-bond donors (Lipinski definition) is 5. The summed E-state index contributed by atoms with van der Waals surface area (Å²) in [5.74, 6) is 4.93. The van der Waals surface area contributed by atoms with Crippen molar-refractivity contribution in [1.82, 2.24) is 39.5 Å². The summed E-state index contributed by atoms with van der Waals surface area (Å²) in [4.78, 5) is 46.7. The number of aromatic nitrogens is 8. The first kappa shape index (κ1) is 85.7. The van der Waals surface area contributed by atoms with Crippen LogP contribution in [0.5, 0.6) is 0 Å². The van der Waals surface area contributed by atoms with Gasteiger partial charge >= 0.3 is 0 Å². The largest absolute Gasteiger partial charge is 0.398 e. The molecule has 0 bridgehead atoms. The van der Waals surface area contributed by atoms with Crippen LogP contribution in [-0.4, -0.2) is 73.7 Å². The molecular formula is C74H77Br4ClF2N14O7S2. The summed E-state index contributed by atoms with van der Waals surface area (Å²) in [6, 6.07) is 43.4. The number of nitrogens with two attached hydrogens (primary N) is 3. The van der Waals surface area contributed by atoms with Crippen molar-refractivity contribution in [2.24, 2.45) is 5.84 Å². The molecule has 104 heavy (non-hydrogen) atoms. The van der Waals surface area contributed by atoms with Crippen molar-refractivity contribution in [1.29, 1.82) is 5.26 Å². The van der Waals surface area contributed by atoms with Gasteiger partial charge in [0.05, 0.1) is 79.2 Å². The van der Waals surface area contributed by atoms with E-state index in [2.05, 4.69) is 104 Å². The van der Waals surface area contributed by atoms with Crippen LogP contribution in [0.3, 0.4) is 0 Å². The van der Waals surface area contributed by atoms with Gasteiger partial charge in [-0.25, -0.2) is 35.0 Å². The third-order valence-electron chi connectivity index (χ3n) is 14.3. The minimum absolute atomic E-state index is 0. The molecule has 6 aromatic carbocycles. The number of benzene rings is 6. The van der Waals surface area contributed by atoms with E-state index in [0.717, 1.165) is 96.4 Å². The van der Waals surface area contributed by atoms with Gasteiger partial charge in [-0.1, -0.05) is 61.1 Å². The van der Waals surface area contributed by atoms with Crippen molar-refractivity contribution >= 4 is 177 Å². The van der Waals surface area contributed by atoms with E-state index in [1.165, 1.54) is 49.7 Å². The monoisotopic (exact) mass is 1730 g/mol. The van der Waals surface area contributed by atoms with Crippen molar-refractivity contribution < 1.29 is 40.0 Å².